The molecule has 0 amide bonds. The van der Waals surface area contributed by atoms with Gasteiger partial charge in [0, 0.05) is 0 Å². The van der Waals surface area contributed by atoms with Crippen molar-refractivity contribution in [2.24, 2.45) is 40.4 Å². The minimum atomic E-state index is 0.683. The molecule has 0 heterocycles. The van der Waals surface area contributed by atoms with Gasteiger partial charge in [-0.1, -0.05) is 97.8 Å². The zero-order valence-electron chi connectivity index (χ0n) is 25.1. The van der Waals surface area contributed by atoms with E-state index in [4.69, 9.17) is 0 Å². The lowest BCUT2D eigenvalue weighted by Crippen LogP contribution is -2.52. The van der Waals surface area contributed by atoms with E-state index in [0.717, 1.165) is 29.6 Å². The standard InChI is InChI=1S/C35H65N/c1-4-5-6-7-8-9-10-11-12-16-27-36-28-17-14-19-30-21-23-32-31-22-20-29-18-13-15-25-34(29,2)33(31)24-26-35(30,32)3/h29-33,36H,4-28H2,1-3H3/t29?,30-,31?,32?,33?,34-,35+/m0/s1. The maximum absolute atomic E-state index is 3.77. The highest BCUT2D eigenvalue weighted by Gasteiger charge is 2.59. The first-order chi connectivity index (χ1) is 17.6. The molecule has 0 radical (unpaired) electrons. The van der Waals surface area contributed by atoms with Crippen molar-refractivity contribution < 1.29 is 0 Å². The van der Waals surface area contributed by atoms with E-state index in [-0.39, 0.29) is 0 Å². The number of unbranched alkanes of at least 4 members (excludes halogenated alkanes) is 10. The van der Waals surface area contributed by atoms with E-state index in [9.17, 15) is 0 Å². The first-order valence-electron chi connectivity index (χ1n) is 17.3. The van der Waals surface area contributed by atoms with Crippen molar-refractivity contribution in [3.8, 4) is 0 Å². The van der Waals surface area contributed by atoms with Crippen molar-refractivity contribution in [3.63, 3.8) is 0 Å². The molecule has 0 bridgehead atoms. The van der Waals surface area contributed by atoms with Crippen LogP contribution >= 0.6 is 0 Å². The molecule has 4 unspecified atom stereocenters. The van der Waals surface area contributed by atoms with Gasteiger partial charge in [-0.3, -0.25) is 0 Å². The molecule has 1 N–H and O–H groups in total. The molecule has 4 saturated carbocycles. The van der Waals surface area contributed by atoms with Gasteiger partial charge in [0.15, 0.2) is 0 Å². The van der Waals surface area contributed by atoms with Crippen LogP contribution in [0.2, 0.25) is 0 Å². The number of hydrogen-bond acceptors (Lipinski definition) is 1. The van der Waals surface area contributed by atoms with Crippen molar-refractivity contribution >= 4 is 0 Å². The summed E-state index contributed by atoms with van der Waals surface area (Å²) in [7, 11) is 0. The van der Waals surface area contributed by atoms with Gasteiger partial charge in [0.05, 0.1) is 0 Å². The van der Waals surface area contributed by atoms with Crippen LogP contribution in [0.1, 0.15) is 168 Å². The molecular weight excluding hydrogens is 434 g/mol. The van der Waals surface area contributed by atoms with Gasteiger partial charge in [-0.25, -0.2) is 0 Å². The number of rotatable bonds is 16. The zero-order chi connectivity index (χ0) is 25.3. The van der Waals surface area contributed by atoms with Crippen LogP contribution in [0.15, 0.2) is 0 Å². The molecule has 0 spiro atoms. The summed E-state index contributed by atoms with van der Waals surface area (Å²) in [5.74, 6) is 5.32. The van der Waals surface area contributed by atoms with E-state index in [0.29, 0.717) is 10.8 Å². The van der Waals surface area contributed by atoms with Gasteiger partial charge in [0.2, 0.25) is 0 Å². The third-order valence-electron chi connectivity index (χ3n) is 12.6. The van der Waals surface area contributed by atoms with Crippen LogP contribution in [0.5, 0.6) is 0 Å². The molecule has 4 rings (SSSR count). The van der Waals surface area contributed by atoms with Crippen LogP contribution < -0.4 is 5.32 Å². The largest absolute Gasteiger partial charge is 0.317 e. The highest BCUT2D eigenvalue weighted by molar-refractivity contribution is 5.08. The summed E-state index contributed by atoms with van der Waals surface area (Å²) in [6, 6.07) is 0. The molecule has 0 saturated heterocycles. The van der Waals surface area contributed by atoms with Crippen LogP contribution in [0.4, 0.5) is 0 Å². The van der Waals surface area contributed by atoms with Gasteiger partial charge in [0.25, 0.3) is 0 Å². The predicted molar refractivity (Wildman–Crippen MR) is 158 cm³/mol. The van der Waals surface area contributed by atoms with Crippen LogP contribution in [0.3, 0.4) is 0 Å². The van der Waals surface area contributed by atoms with E-state index < -0.39 is 0 Å². The zero-order valence-corrected chi connectivity index (χ0v) is 25.1. The third-order valence-corrected chi connectivity index (χ3v) is 12.6. The number of nitrogens with one attached hydrogen (secondary N) is 1. The third kappa shape index (κ3) is 6.93. The summed E-state index contributed by atoms with van der Waals surface area (Å²) in [5.41, 5.74) is 1.39. The molecule has 4 fully saturated rings. The maximum atomic E-state index is 3.77. The normalized spacial score (nSPS) is 37.9. The Kier molecular flexibility index (Phi) is 11.6. The summed E-state index contributed by atoms with van der Waals surface area (Å²) in [4.78, 5) is 0. The molecule has 0 aromatic heterocycles. The Bertz CT molecular complexity index is 614. The summed E-state index contributed by atoms with van der Waals surface area (Å²) in [5, 5.41) is 3.77. The van der Waals surface area contributed by atoms with Crippen molar-refractivity contribution in [3.05, 3.63) is 0 Å². The second-order valence-electron chi connectivity index (χ2n) is 14.6. The summed E-state index contributed by atoms with van der Waals surface area (Å²) in [6.45, 7) is 10.3. The monoisotopic (exact) mass is 500 g/mol. The van der Waals surface area contributed by atoms with E-state index in [1.807, 2.05) is 0 Å². The fraction of sp³-hybridized carbons (Fsp3) is 1.00. The van der Waals surface area contributed by atoms with Gasteiger partial charge in [0.1, 0.15) is 0 Å². The Morgan fingerprint density at radius 1 is 0.583 bits per heavy atom. The quantitative estimate of drug-likeness (QED) is 0.208. The Hall–Kier alpha value is -0.0400. The summed E-state index contributed by atoms with van der Waals surface area (Å²) >= 11 is 0. The highest BCUT2D eigenvalue weighted by atomic mass is 14.8. The molecule has 7 atom stereocenters. The molecule has 0 aromatic rings. The van der Waals surface area contributed by atoms with Gasteiger partial charge in [-0.2, -0.15) is 0 Å². The average molecular weight is 500 g/mol. The molecule has 4 aliphatic carbocycles. The fourth-order valence-electron chi connectivity index (χ4n) is 10.4. The molecule has 36 heavy (non-hydrogen) atoms. The Morgan fingerprint density at radius 3 is 2.00 bits per heavy atom. The average Bonchev–Trinajstić information content (AvgIpc) is 3.22. The summed E-state index contributed by atoms with van der Waals surface area (Å²) < 4.78 is 0. The van der Waals surface area contributed by atoms with E-state index in [1.54, 1.807) is 51.4 Å². The maximum Gasteiger partial charge on any atom is -0.00489 e. The first-order valence-corrected chi connectivity index (χ1v) is 17.3. The predicted octanol–water partition coefficient (Wildman–Crippen LogP) is 10.7. The second-order valence-corrected chi connectivity index (χ2v) is 14.6. The number of fused-ring (bicyclic) bond motifs is 5. The lowest BCUT2D eigenvalue weighted by molar-refractivity contribution is -0.111. The number of hydrogen-bond donors (Lipinski definition) is 1. The summed E-state index contributed by atoms with van der Waals surface area (Å²) in [6.07, 6.45) is 34.4. The minimum absolute atomic E-state index is 0.683. The van der Waals surface area contributed by atoms with Gasteiger partial charge in [-0.05, 0) is 124 Å². The highest BCUT2D eigenvalue weighted by Crippen LogP contribution is 2.67. The van der Waals surface area contributed by atoms with Crippen LogP contribution in [-0.4, -0.2) is 13.1 Å². The Morgan fingerprint density at radius 2 is 1.25 bits per heavy atom. The lowest BCUT2D eigenvalue weighted by Gasteiger charge is -2.60. The van der Waals surface area contributed by atoms with E-state index in [2.05, 4.69) is 26.1 Å². The molecular formula is C35H65N. The first kappa shape index (κ1) is 29.0. The smallest absolute Gasteiger partial charge is 0.00489 e. The molecule has 1 nitrogen and oxygen atoms in total. The SMILES string of the molecule is CCCCCCCCCCCCNCCCC[C@H]1CCC2C3CCC4CCCC[C@]4(C)C3CC[C@@]21C. The van der Waals surface area contributed by atoms with Gasteiger partial charge in [-0.15, -0.1) is 0 Å². The molecule has 0 aromatic carbocycles. The Balaban J connectivity index is 1.06. The Labute approximate surface area is 227 Å². The van der Waals surface area contributed by atoms with Crippen molar-refractivity contribution in [1.29, 1.82) is 0 Å². The lowest BCUT2D eigenvalue weighted by atomic mass is 9.45. The minimum Gasteiger partial charge on any atom is -0.317 e. The molecule has 4 aliphatic rings. The van der Waals surface area contributed by atoms with Crippen LogP contribution in [0, 0.1) is 40.4 Å². The van der Waals surface area contributed by atoms with Crippen molar-refractivity contribution in [1.82, 2.24) is 5.32 Å². The molecule has 1 heteroatoms. The van der Waals surface area contributed by atoms with Gasteiger partial charge >= 0.3 is 0 Å². The van der Waals surface area contributed by atoms with E-state index in [1.165, 1.54) is 109 Å². The van der Waals surface area contributed by atoms with Crippen molar-refractivity contribution in [2.75, 3.05) is 13.1 Å². The second kappa shape index (κ2) is 14.4. The topological polar surface area (TPSA) is 12.0 Å². The fourth-order valence-corrected chi connectivity index (χ4v) is 10.4. The van der Waals surface area contributed by atoms with Crippen LogP contribution in [-0.2, 0) is 0 Å². The van der Waals surface area contributed by atoms with E-state index >= 15 is 0 Å². The molecule has 210 valence electrons. The molecule has 0 aliphatic heterocycles. The van der Waals surface area contributed by atoms with Gasteiger partial charge < -0.3 is 5.32 Å². The van der Waals surface area contributed by atoms with Crippen LogP contribution in [0.25, 0.3) is 0 Å². The van der Waals surface area contributed by atoms with Crippen molar-refractivity contribution in [2.45, 2.75) is 168 Å².